The van der Waals surface area contributed by atoms with Crippen LogP contribution >= 0.6 is 0 Å². The van der Waals surface area contributed by atoms with Crippen molar-refractivity contribution in [3.63, 3.8) is 0 Å². The topological polar surface area (TPSA) is 22.0 Å². The third-order valence-corrected chi connectivity index (χ3v) is 4.95. The van der Waals surface area contributed by atoms with Gasteiger partial charge in [0.1, 0.15) is 0 Å². The Balaban J connectivity index is 1.96. The van der Waals surface area contributed by atoms with Crippen LogP contribution in [0.5, 0.6) is 0 Å². The van der Waals surface area contributed by atoms with Gasteiger partial charge in [-0.3, -0.25) is 4.79 Å². The summed E-state index contributed by atoms with van der Waals surface area (Å²) in [7, 11) is 0. The van der Waals surface area contributed by atoms with Crippen LogP contribution < -0.4 is 0 Å². The van der Waals surface area contributed by atoms with Gasteiger partial charge in [-0.25, -0.2) is 0 Å². The van der Waals surface area contributed by atoms with Crippen molar-refractivity contribution in [2.75, 3.05) is 0 Å². The van der Waals surface area contributed by atoms with Crippen LogP contribution in [0.1, 0.15) is 75.5 Å². The smallest absolute Gasteiger partial charge is 0.165 e. The molecular formula is C17H25NO. The van der Waals surface area contributed by atoms with Crippen LogP contribution in [-0.4, -0.2) is 10.4 Å². The number of nitrogens with zero attached hydrogens (tertiary/aromatic N) is 1. The molecule has 0 saturated heterocycles. The molecule has 1 aromatic heterocycles. The Morgan fingerprint density at radius 2 is 1.89 bits per heavy atom. The van der Waals surface area contributed by atoms with Gasteiger partial charge >= 0.3 is 0 Å². The van der Waals surface area contributed by atoms with E-state index < -0.39 is 0 Å². The van der Waals surface area contributed by atoms with Crippen molar-refractivity contribution in [2.24, 2.45) is 10.8 Å². The summed E-state index contributed by atoms with van der Waals surface area (Å²) in [6, 6.07) is 2.65. The molecule has 0 bridgehead atoms. The van der Waals surface area contributed by atoms with Gasteiger partial charge in [0.05, 0.1) is 0 Å². The molecule has 19 heavy (non-hydrogen) atoms. The summed E-state index contributed by atoms with van der Waals surface area (Å²) >= 11 is 0. The predicted molar refractivity (Wildman–Crippen MR) is 77.5 cm³/mol. The summed E-state index contributed by atoms with van der Waals surface area (Å²) in [5, 5.41) is 0. The van der Waals surface area contributed by atoms with Crippen LogP contribution in [0, 0.1) is 10.8 Å². The first-order valence-electron chi connectivity index (χ1n) is 7.50. The second kappa shape index (κ2) is 3.97. The van der Waals surface area contributed by atoms with Gasteiger partial charge in [0, 0.05) is 29.9 Å². The Morgan fingerprint density at radius 3 is 2.53 bits per heavy atom. The molecule has 104 valence electrons. The van der Waals surface area contributed by atoms with E-state index in [9.17, 15) is 4.79 Å². The minimum absolute atomic E-state index is 0.119. The number of aromatic nitrogens is 1. The van der Waals surface area contributed by atoms with Crippen molar-refractivity contribution in [3.8, 4) is 0 Å². The number of carbonyl (C=O) groups is 1. The van der Waals surface area contributed by atoms with Crippen LogP contribution in [-0.2, 0) is 6.42 Å². The lowest BCUT2D eigenvalue weighted by atomic mass is 9.76. The van der Waals surface area contributed by atoms with E-state index in [1.807, 2.05) is 0 Å². The van der Waals surface area contributed by atoms with E-state index >= 15 is 0 Å². The van der Waals surface area contributed by atoms with Gasteiger partial charge in [-0.2, -0.15) is 0 Å². The van der Waals surface area contributed by atoms with E-state index in [-0.39, 0.29) is 5.41 Å². The molecular weight excluding hydrogens is 234 g/mol. The number of carbonyl (C=O) groups excluding carboxylic acids is 1. The van der Waals surface area contributed by atoms with Gasteiger partial charge in [0.25, 0.3) is 0 Å². The van der Waals surface area contributed by atoms with E-state index in [4.69, 9.17) is 0 Å². The second-order valence-electron chi connectivity index (χ2n) is 8.09. The van der Waals surface area contributed by atoms with Gasteiger partial charge in [-0.1, -0.05) is 27.7 Å². The zero-order valence-corrected chi connectivity index (χ0v) is 12.6. The SMILES string of the molecule is CC1(C)CC(=O)c2ccn(C3CCC(C)(C)C3)c2C1. The first-order chi connectivity index (χ1) is 8.77. The van der Waals surface area contributed by atoms with Gasteiger partial charge in [0.15, 0.2) is 5.78 Å². The number of hydrogen-bond donors (Lipinski definition) is 0. The Kier molecular flexibility index (Phi) is 2.71. The van der Waals surface area contributed by atoms with Gasteiger partial charge < -0.3 is 4.57 Å². The Bertz CT molecular complexity index is 521. The lowest BCUT2D eigenvalue weighted by Crippen LogP contribution is -2.28. The molecule has 0 amide bonds. The lowest BCUT2D eigenvalue weighted by molar-refractivity contribution is 0.0909. The average molecular weight is 259 g/mol. The lowest BCUT2D eigenvalue weighted by Gasteiger charge is -2.31. The highest BCUT2D eigenvalue weighted by molar-refractivity contribution is 5.98. The largest absolute Gasteiger partial charge is 0.348 e. The average Bonchev–Trinajstić information content (AvgIpc) is 2.79. The zero-order valence-electron chi connectivity index (χ0n) is 12.6. The molecule has 0 spiro atoms. The monoisotopic (exact) mass is 259 g/mol. The number of hydrogen-bond acceptors (Lipinski definition) is 1. The van der Waals surface area contributed by atoms with Crippen molar-refractivity contribution in [3.05, 3.63) is 23.5 Å². The summed E-state index contributed by atoms with van der Waals surface area (Å²) in [5.74, 6) is 0.335. The zero-order chi connectivity index (χ0) is 13.8. The maximum Gasteiger partial charge on any atom is 0.165 e. The molecule has 1 aromatic rings. The predicted octanol–water partition coefficient (Wildman–Crippen LogP) is 4.39. The molecule has 1 atom stereocenters. The fourth-order valence-corrected chi connectivity index (χ4v) is 3.95. The fourth-order valence-electron chi connectivity index (χ4n) is 3.95. The molecule has 2 aliphatic carbocycles. The second-order valence-corrected chi connectivity index (χ2v) is 8.09. The maximum absolute atomic E-state index is 12.2. The maximum atomic E-state index is 12.2. The van der Waals surface area contributed by atoms with Crippen LogP contribution in [0.4, 0.5) is 0 Å². The third kappa shape index (κ3) is 2.26. The van der Waals surface area contributed by atoms with Gasteiger partial charge in [-0.15, -0.1) is 0 Å². The summed E-state index contributed by atoms with van der Waals surface area (Å²) in [4.78, 5) is 12.2. The molecule has 0 aliphatic heterocycles. The normalized spacial score (nSPS) is 28.4. The summed E-state index contributed by atoms with van der Waals surface area (Å²) in [6.07, 6.45) is 7.68. The van der Waals surface area contributed by atoms with Crippen molar-refractivity contribution in [1.29, 1.82) is 0 Å². The van der Waals surface area contributed by atoms with E-state index in [0.29, 0.717) is 23.7 Å². The summed E-state index contributed by atoms with van der Waals surface area (Å²) in [6.45, 7) is 9.14. The standard InChI is InChI=1S/C17H25NO/c1-16(2)7-5-12(9-16)18-8-6-13-14(18)10-17(3,4)11-15(13)19/h6,8,12H,5,7,9-11H2,1-4H3. The van der Waals surface area contributed by atoms with Gasteiger partial charge in [-0.05, 0) is 42.6 Å². The first-order valence-corrected chi connectivity index (χ1v) is 7.50. The van der Waals surface area contributed by atoms with E-state index in [0.717, 1.165) is 12.0 Å². The summed E-state index contributed by atoms with van der Waals surface area (Å²) < 4.78 is 2.42. The van der Waals surface area contributed by atoms with Crippen molar-refractivity contribution < 1.29 is 4.79 Å². The van der Waals surface area contributed by atoms with E-state index in [1.54, 1.807) is 0 Å². The van der Waals surface area contributed by atoms with Crippen LogP contribution in [0.2, 0.25) is 0 Å². The molecule has 0 radical (unpaired) electrons. The van der Waals surface area contributed by atoms with Crippen LogP contribution in [0.15, 0.2) is 12.3 Å². The van der Waals surface area contributed by atoms with E-state index in [1.165, 1.54) is 25.0 Å². The summed E-state index contributed by atoms with van der Waals surface area (Å²) in [5.41, 5.74) is 2.86. The van der Waals surface area contributed by atoms with E-state index in [2.05, 4.69) is 44.5 Å². The highest BCUT2D eigenvalue weighted by Crippen LogP contribution is 2.45. The molecule has 1 fully saturated rings. The molecule has 2 nitrogen and oxygen atoms in total. The quantitative estimate of drug-likeness (QED) is 0.733. The van der Waals surface area contributed by atoms with Crippen LogP contribution in [0.25, 0.3) is 0 Å². The van der Waals surface area contributed by atoms with Crippen LogP contribution in [0.3, 0.4) is 0 Å². The minimum Gasteiger partial charge on any atom is -0.348 e. The minimum atomic E-state index is 0.119. The molecule has 2 heteroatoms. The highest BCUT2D eigenvalue weighted by atomic mass is 16.1. The molecule has 3 rings (SSSR count). The van der Waals surface area contributed by atoms with Crippen molar-refractivity contribution in [1.82, 2.24) is 4.57 Å². The van der Waals surface area contributed by atoms with Crippen molar-refractivity contribution in [2.45, 2.75) is 65.8 Å². The third-order valence-electron chi connectivity index (χ3n) is 4.95. The molecule has 1 saturated carbocycles. The molecule has 2 aliphatic rings. The molecule has 1 unspecified atom stereocenters. The molecule has 0 aromatic carbocycles. The fraction of sp³-hybridized carbons (Fsp3) is 0.706. The molecule has 1 heterocycles. The number of fused-ring (bicyclic) bond motifs is 1. The Morgan fingerprint density at radius 1 is 1.16 bits per heavy atom. The highest BCUT2D eigenvalue weighted by Gasteiger charge is 2.37. The number of Topliss-reactive ketones (excluding diaryl/α,β-unsaturated/α-hetero) is 1. The number of ketones is 1. The number of rotatable bonds is 1. The van der Waals surface area contributed by atoms with Gasteiger partial charge in [0.2, 0.25) is 0 Å². The molecule has 0 N–H and O–H groups in total. The Labute approximate surface area is 116 Å². The van der Waals surface area contributed by atoms with Crippen molar-refractivity contribution >= 4 is 5.78 Å². The first kappa shape index (κ1) is 13.0. The Hall–Kier alpha value is -1.05.